The molecule has 22 heavy (non-hydrogen) atoms. The molecule has 3 atom stereocenters. The summed E-state index contributed by atoms with van der Waals surface area (Å²) in [6.07, 6.45) is 0.954. The molecule has 4 heteroatoms. The van der Waals surface area contributed by atoms with Gasteiger partial charge in [-0.05, 0) is 44.6 Å². The van der Waals surface area contributed by atoms with Crippen LogP contribution in [0, 0.1) is 11.8 Å². The van der Waals surface area contributed by atoms with Gasteiger partial charge in [-0.15, -0.1) is 0 Å². The first-order valence-electron chi connectivity index (χ1n) is 8.16. The summed E-state index contributed by atoms with van der Waals surface area (Å²) >= 11 is 0. The fourth-order valence-electron chi connectivity index (χ4n) is 3.64. The van der Waals surface area contributed by atoms with Crippen molar-refractivity contribution in [3.8, 4) is 0 Å². The van der Waals surface area contributed by atoms with Crippen molar-refractivity contribution in [2.75, 3.05) is 13.1 Å². The highest BCUT2D eigenvalue weighted by Gasteiger charge is 2.47. The standard InChI is InChI=1S/C18H26N2O2/c1-18(2,3)22-17(21)19-16-14-9-15(16)12-20(11-14)10-13-7-5-4-6-8-13/h4-8,14-16H,9-12H2,1-3H3,(H,19,21)/t14-,15+,16?. The molecule has 2 aliphatic heterocycles. The molecule has 2 heterocycles. The molecule has 0 radical (unpaired) electrons. The van der Waals surface area contributed by atoms with Gasteiger partial charge in [0.15, 0.2) is 0 Å². The molecule has 1 unspecified atom stereocenters. The smallest absolute Gasteiger partial charge is 0.407 e. The topological polar surface area (TPSA) is 41.6 Å². The molecule has 0 spiro atoms. The quantitative estimate of drug-likeness (QED) is 0.933. The van der Waals surface area contributed by atoms with Gasteiger partial charge in [-0.1, -0.05) is 30.3 Å². The molecule has 2 bridgehead atoms. The maximum absolute atomic E-state index is 11.9. The van der Waals surface area contributed by atoms with Crippen LogP contribution < -0.4 is 5.32 Å². The van der Waals surface area contributed by atoms with E-state index in [1.54, 1.807) is 0 Å². The summed E-state index contributed by atoms with van der Waals surface area (Å²) in [4.78, 5) is 14.4. The van der Waals surface area contributed by atoms with E-state index in [1.807, 2.05) is 20.8 Å². The second kappa shape index (κ2) is 5.92. The van der Waals surface area contributed by atoms with E-state index >= 15 is 0 Å². The number of rotatable bonds is 3. The molecule has 3 aliphatic rings. The van der Waals surface area contributed by atoms with Crippen molar-refractivity contribution in [3.05, 3.63) is 35.9 Å². The van der Waals surface area contributed by atoms with Crippen molar-refractivity contribution in [3.63, 3.8) is 0 Å². The van der Waals surface area contributed by atoms with Crippen LogP contribution in [0.15, 0.2) is 30.3 Å². The van der Waals surface area contributed by atoms with E-state index < -0.39 is 5.60 Å². The Kier molecular flexibility index (Phi) is 4.13. The molecule has 1 saturated carbocycles. The monoisotopic (exact) mass is 302 g/mol. The summed E-state index contributed by atoms with van der Waals surface area (Å²) in [6.45, 7) is 8.83. The molecule has 0 aromatic heterocycles. The van der Waals surface area contributed by atoms with Gasteiger partial charge in [0.05, 0.1) is 0 Å². The van der Waals surface area contributed by atoms with Crippen LogP contribution >= 0.6 is 0 Å². The first-order valence-corrected chi connectivity index (χ1v) is 8.16. The normalized spacial score (nSPS) is 27.9. The highest BCUT2D eigenvalue weighted by atomic mass is 16.6. The molecule has 1 amide bonds. The lowest BCUT2D eigenvalue weighted by Crippen LogP contribution is -2.64. The minimum Gasteiger partial charge on any atom is -0.444 e. The van der Waals surface area contributed by atoms with Crippen LogP contribution in [0.2, 0.25) is 0 Å². The zero-order chi connectivity index (χ0) is 15.7. The summed E-state index contributed by atoms with van der Waals surface area (Å²) in [5, 5.41) is 3.07. The van der Waals surface area contributed by atoms with Gasteiger partial charge in [-0.3, -0.25) is 4.90 Å². The van der Waals surface area contributed by atoms with Crippen LogP contribution in [0.25, 0.3) is 0 Å². The Labute approximate surface area is 132 Å². The van der Waals surface area contributed by atoms with Crippen LogP contribution in [-0.2, 0) is 11.3 Å². The number of alkyl carbamates (subject to hydrolysis) is 1. The van der Waals surface area contributed by atoms with Crippen LogP contribution in [0.3, 0.4) is 0 Å². The summed E-state index contributed by atoms with van der Waals surface area (Å²) in [5.41, 5.74) is 0.933. The van der Waals surface area contributed by atoms with Gasteiger partial charge in [-0.2, -0.15) is 0 Å². The minimum atomic E-state index is -0.428. The number of benzene rings is 1. The fourth-order valence-corrected chi connectivity index (χ4v) is 3.64. The molecule has 120 valence electrons. The molecule has 1 aromatic carbocycles. The summed E-state index contributed by atoms with van der Waals surface area (Å²) in [7, 11) is 0. The van der Waals surface area contributed by atoms with Crippen LogP contribution in [-0.4, -0.2) is 35.7 Å². The Morgan fingerprint density at radius 1 is 1.23 bits per heavy atom. The maximum atomic E-state index is 11.9. The number of nitrogens with one attached hydrogen (secondary N) is 1. The summed E-state index contributed by atoms with van der Waals surface area (Å²) in [6, 6.07) is 10.9. The van der Waals surface area contributed by atoms with Crippen molar-refractivity contribution in [1.29, 1.82) is 0 Å². The molecule has 4 rings (SSSR count). The predicted octanol–water partition coefficient (Wildman–Crippen LogP) is 3.03. The van der Waals surface area contributed by atoms with Gasteiger partial charge in [0, 0.05) is 25.7 Å². The van der Waals surface area contributed by atoms with Crippen molar-refractivity contribution in [1.82, 2.24) is 10.2 Å². The first kappa shape index (κ1) is 15.3. The number of amides is 1. The third kappa shape index (κ3) is 3.61. The Bertz CT molecular complexity index is 512. The van der Waals surface area contributed by atoms with Crippen molar-refractivity contribution >= 4 is 6.09 Å². The SMILES string of the molecule is CC(C)(C)OC(=O)NC1[C@@H]2C[C@H]1CN(Cc1ccccc1)C2. The number of hydrogen-bond donors (Lipinski definition) is 1. The zero-order valence-electron chi connectivity index (χ0n) is 13.7. The first-order chi connectivity index (χ1) is 10.4. The van der Waals surface area contributed by atoms with Crippen molar-refractivity contribution in [2.24, 2.45) is 11.8 Å². The molecular weight excluding hydrogens is 276 g/mol. The lowest BCUT2D eigenvalue weighted by molar-refractivity contribution is -0.0252. The van der Waals surface area contributed by atoms with Gasteiger partial charge in [0.2, 0.25) is 0 Å². The second-order valence-electron chi connectivity index (χ2n) is 7.61. The van der Waals surface area contributed by atoms with Gasteiger partial charge < -0.3 is 10.1 Å². The van der Waals surface area contributed by atoms with Crippen LogP contribution in [0.5, 0.6) is 0 Å². The third-order valence-corrected chi connectivity index (χ3v) is 4.54. The average Bonchev–Trinajstić information content (AvgIpc) is 2.44. The lowest BCUT2D eigenvalue weighted by Gasteiger charge is -2.53. The number of carbonyl (C=O) groups excluding carboxylic acids is 1. The number of piperidine rings is 2. The molecule has 1 N–H and O–H groups in total. The molecule has 4 nitrogen and oxygen atoms in total. The van der Waals surface area contributed by atoms with Gasteiger partial charge in [0.25, 0.3) is 0 Å². The van der Waals surface area contributed by atoms with E-state index in [0.717, 1.165) is 19.6 Å². The van der Waals surface area contributed by atoms with Gasteiger partial charge in [-0.25, -0.2) is 4.79 Å². The zero-order valence-corrected chi connectivity index (χ0v) is 13.7. The number of fused-ring (bicyclic) bond motifs is 2. The van der Waals surface area contributed by atoms with E-state index in [1.165, 1.54) is 12.0 Å². The molecular formula is C18H26N2O2. The van der Waals surface area contributed by atoms with E-state index in [0.29, 0.717) is 17.9 Å². The highest BCUT2D eigenvalue weighted by Crippen LogP contribution is 2.40. The van der Waals surface area contributed by atoms with Crippen molar-refractivity contribution in [2.45, 2.75) is 45.4 Å². The maximum Gasteiger partial charge on any atom is 0.407 e. The third-order valence-electron chi connectivity index (χ3n) is 4.54. The second-order valence-corrected chi connectivity index (χ2v) is 7.61. The average molecular weight is 302 g/mol. The van der Waals surface area contributed by atoms with Gasteiger partial charge >= 0.3 is 6.09 Å². The van der Waals surface area contributed by atoms with Crippen LogP contribution in [0.1, 0.15) is 32.8 Å². The number of nitrogens with zero attached hydrogens (tertiary/aromatic N) is 1. The van der Waals surface area contributed by atoms with Crippen molar-refractivity contribution < 1.29 is 9.53 Å². The minimum absolute atomic E-state index is 0.274. The Balaban J connectivity index is 1.49. The molecule has 1 aromatic rings. The number of carbonyl (C=O) groups is 1. The van der Waals surface area contributed by atoms with E-state index in [2.05, 4.69) is 40.5 Å². The predicted molar refractivity (Wildman–Crippen MR) is 86.5 cm³/mol. The Morgan fingerprint density at radius 3 is 2.45 bits per heavy atom. The van der Waals surface area contributed by atoms with E-state index in [-0.39, 0.29) is 6.09 Å². The largest absolute Gasteiger partial charge is 0.444 e. The Morgan fingerprint density at radius 2 is 1.86 bits per heavy atom. The lowest BCUT2D eigenvalue weighted by atomic mass is 9.66. The highest BCUT2D eigenvalue weighted by molar-refractivity contribution is 5.68. The number of hydrogen-bond acceptors (Lipinski definition) is 3. The summed E-state index contributed by atoms with van der Waals surface area (Å²) < 4.78 is 5.37. The van der Waals surface area contributed by atoms with E-state index in [9.17, 15) is 4.79 Å². The summed E-state index contributed by atoms with van der Waals surface area (Å²) in [5.74, 6) is 1.13. The molecule has 1 aliphatic carbocycles. The van der Waals surface area contributed by atoms with Crippen LogP contribution in [0.4, 0.5) is 4.79 Å². The molecule has 2 saturated heterocycles. The molecule has 3 fully saturated rings. The number of ether oxygens (including phenoxy) is 1. The Hall–Kier alpha value is -1.55. The fraction of sp³-hybridized carbons (Fsp3) is 0.611. The van der Waals surface area contributed by atoms with E-state index in [4.69, 9.17) is 4.74 Å². The van der Waals surface area contributed by atoms with Gasteiger partial charge in [0.1, 0.15) is 5.60 Å².